The highest BCUT2D eigenvalue weighted by Gasteiger charge is 2.48. The molecule has 1 saturated carbocycles. The van der Waals surface area contributed by atoms with Crippen molar-refractivity contribution in [3.8, 4) is 5.88 Å². The fraction of sp³-hybridized carbons (Fsp3) is 0.417. The van der Waals surface area contributed by atoms with Gasteiger partial charge in [0.05, 0.1) is 39.8 Å². The van der Waals surface area contributed by atoms with Gasteiger partial charge < -0.3 is 50.4 Å². The van der Waals surface area contributed by atoms with E-state index in [2.05, 4.69) is 55.8 Å². The van der Waals surface area contributed by atoms with Crippen LogP contribution in [0.5, 0.6) is 5.88 Å². The maximum absolute atomic E-state index is 14.3. The average Bonchev–Trinajstić information content (AvgIpc) is 3.80. The number of anilines is 4. The van der Waals surface area contributed by atoms with E-state index in [1.165, 1.54) is 16.7 Å². The van der Waals surface area contributed by atoms with Crippen molar-refractivity contribution in [2.75, 3.05) is 67.5 Å². The molecule has 0 bridgehead atoms. The number of aliphatic hydroxyl groups excluding tert-OH is 5. The summed E-state index contributed by atoms with van der Waals surface area (Å²) in [7, 11) is -4.75. The molecule has 9 rings (SSSR count). The van der Waals surface area contributed by atoms with Crippen molar-refractivity contribution in [3.05, 3.63) is 111 Å². The summed E-state index contributed by atoms with van der Waals surface area (Å²) in [5.74, 6) is -1.94. The number of pyridine rings is 1. The maximum atomic E-state index is 14.3. The number of nitrogens with one attached hydrogen (secondary N) is 3. The van der Waals surface area contributed by atoms with E-state index in [-0.39, 0.29) is 23.3 Å². The van der Waals surface area contributed by atoms with E-state index < -0.39 is 74.4 Å². The second-order valence-electron chi connectivity index (χ2n) is 19.0. The first-order chi connectivity index (χ1) is 32.9. The van der Waals surface area contributed by atoms with E-state index >= 15 is 0 Å². The number of sulfonamides is 1. The second kappa shape index (κ2) is 19.2. The van der Waals surface area contributed by atoms with Crippen LogP contribution in [0.25, 0.3) is 16.6 Å². The van der Waals surface area contributed by atoms with Gasteiger partial charge in [0.1, 0.15) is 41.9 Å². The van der Waals surface area contributed by atoms with Crippen LogP contribution in [0.1, 0.15) is 49.0 Å². The van der Waals surface area contributed by atoms with E-state index in [4.69, 9.17) is 16.3 Å². The number of aromatic amines is 1. The Hall–Kier alpha value is -5.84. The minimum absolute atomic E-state index is 0.0109. The highest BCUT2D eigenvalue weighted by atomic mass is 35.5. The number of amides is 1. The Morgan fingerprint density at radius 2 is 1.62 bits per heavy atom. The molecule has 4 aliphatic rings. The predicted molar refractivity (Wildman–Crippen MR) is 259 cm³/mol. The van der Waals surface area contributed by atoms with Gasteiger partial charge >= 0.3 is 0 Å². The largest absolute Gasteiger partial charge is 0.474 e. The fourth-order valence-corrected chi connectivity index (χ4v) is 11.0. The molecule has 2 fully saturated rings. The number of allylic oxidation sites excluding steroid dienone is 1. The first-order valence-electron chi connectivity index (χ1n) is 22.8. The van der Waals surface area contributed by atoms with Gasteiger partial charge in [-0.25, -0.2) is 13.1 Å². The van der Waals surface area contributed by atoms with E-state index in [9.17, 15) is 48.9 Å². The van der Waals surface area contributed by atoms with Crippen molar-refractivity contribution in [2.24, 2.45) is 11.3 Å². The van der Waals surface area contributed by atoms with E-state index in [1.54, 1.807) is 18.3 Å². The van der Waals surface area contributed by atoms with Crippen LogP contribution in [0.2, 0.25) is 5.02 Å². The molecule has 19 nitrogen and oxygen atoms in total. The third-order valence-corrected chi connectivity index (χ3v) is 15.5. The van der Waals surface area contributed by atoms with Gasteiger partial charge in [-0.3, -0.25) is 19.8 Å². The molecule has 4 atom stereocenters. The average molecular weight is 988 g/mol. The molecule has 2 aromatic heterocycles. The number of H-pyrrole nitrogens is 1. The molecule has 366 valence electrons. The number of carbonyl (C=O) groups is 1. The Labute approximate surface area is 403 Å². The molecule has 21 heteroatoms. The topological polar surface area (TPSA) is 267 Å². The van der Waals surface area contributed by atoms with Crippen LogP contribution < -0.4 is 24.6 Å². The number of nitrogens with zero attached hydrogens (tertiary/aromatic N) is 5. The smallest absolute Gasteiger partial charge is 0.293 e. The van der Waals surface area contributed by atoms with Crippen LogP contribution in [-0.4, -0.2) is 143 Å². The molecule has 0 spiro atoms. The van der Waals surface area contributed by atoms with Gasteiger partial charge in [0.2, 0.25) is 5.88 Å². The SMILES string of the molecule is CC1(C)CCC(CN2CCN(c3ccc(C(=O)NS(=O)(=O)c4ccc(NCC5C(O)C(O)C(O)C(O)C5O)c([N+](=O)[O-])c4)c(N4CCOc5nc6[nH]ccc6cc54)c3)CC2)=C(c2ccc(Cl)cc2)C1. The number of hydrogen-bond acceptors (Lipinski definition) is 16. The number of ether oxygens (including phenoxy) is 1. The van der Waals surface area contributed by atoms with Crippen molar-refractivity contribution in [2.45, 2.75) is 68.5 Å². The number of halogens is 1. The van der Waals surface area contributed by atoms with Gasteiger partial charge in [-0.15, -0.1) is 0 Å². The molecule has 5 aromatic rings. The number of rotatable bonds is 12. The van der Waals surface area contributed by atoms with Gasteiger partial charge in [0.15, 0.2) is 0 Å². The van der Waals surface area contributed by atoms with Crippen LogP contribution in [-0.2, 0) is 10.0 Å². The summed E-state index contributed by atoms with van der Waals surface area (Å²) in [6.45, 7) is 8.54. The third kappa shape index (κ3) is 9.85. The van der Waals surface area contributed by atoms with Crippen LogP contribution in [0.4, 0.5) is 28.4 Å². The molecule has 1 amide bonds. The van der Waals surface area contributed by atoms with Crippen molar-refractivity contribution in [3.63, 3.8) is 0 Å². The van der Waals surface area contributed by atoms with E-state index in [0.717, 1.165) is 68.2 Å². The molecule has 1 saturated heterocycles. The Bertz CT molecular complexity index is 2890. The van der Waals surface area contributed by atoms with Crippen molar-refractivity contribution >= 4 is 72.6 Å². The molecular weight excluding hydrogens is 932 g/mol. The standard InChI is InChI=1S/C48H55ClN8O11S/c1-48(2)13-11-29(34(24-48)27-3-5-30(49)6-4-27)26-54-15-17-55(18-16-54)31-7-9-33(37(22-31)56-19-20-68-47-39(56)21-28-12-14-50-45(28)52-47)46(63)53-69(66,67)32-8-10-36(38(23-32)57(64)65)51-25-35-40(58)42(60)44(62)43(61)41(35)59/h3-10,12,14,21-23,35,40-44,51,58-62H,11,13,15-20,24-26H2,1-2H3,(H,50,52)(H,53,63). The quantitative estimate of drug-likeness (QED) is 0.0636. The van der Waals surface area contributed by atoms with Crippen molar-refractivity contribution in [1.82, 2.24) is 19.6 Å². The van der Waals surface area contributed by atoms with Crippen molar-refractivity contribution in [1.29, 1.82) is 0 Å². The van der Waals surface area contributed by atoms with Crippen molar-refractivity contribution < 1.29 is 48.4 Å². The molecule has 2 aliphatic heterocycles. The molecule has 8 N–H and O–H groups in total. The zero-order valence-corrected chi connectivity index (χ0v) is 39.5. The molecule has 2 aliphatic carbocycles. The molecular formula is C48H55ClN8O11S. The number of fused-ring (bicyclic) bond motifs is 2. The molecule has 4 heterocycles. The summed E-state index contributed by atoms with van der Waals surface area (Å²) in [6, 6.07) is 20.0. The van der Waals surface area contributed by atoms with Gasteiger partial charge in [-0.05, 0) is 90.4 Å². The zero-order chi connectivity index (χ0) is 48.9. The summed E-state index contributed by atoms with van der Waals surface area (Å²) in [5, 5.41) is 67.6. The minimum Gasteiger partial charge on any atom is -0.474 e. The van der Waals surface area contributed by atoms with Crippen LogP contribution in [0, 0.1) is 21.4 Å². The number of nitro groups is 1. The monoisotopic (exact) mass is 986 g/mol. The lowest BCUT2D eigenvalue weighted by molar-refractivity contribution is -0.384. The summed E-state index contributed by atoms with van der Waals surface area (Å²) in [4.78, 5) is 39.5. The number of nitro benzene ring substituents is 1. The summed E-state index contributed by atoms with van der Waals surface area (Å²) < 4.78 is 36.0. The lowest BCUT2D eigenvalue weighted by Gasteiger charge is -2.42. The normalized spacial score (nSPS) is 24.2. The lowest BCUT2D eigenvalue weighted by Crippen LogP contribution is -2.62. The van der Waals surface area contributed by atoms with Gasteiger partial charge in [-0.1, -0.05) is 43.2 Å². The second-order valence-corrected chi connectivity index (χ2v) is 21.1. The van der Waals surface area contributed by atoms with E-state index in [1.807, 2.05) is 35.2 Å². The van der Waals surface area contributed by atoms with Gasteiger partial charge in [0.25, 0.3) is 21.6 Å². The Morgan fingerprint density at radius 3 is 2.33 bits per heavy atom. The minimum atomic E-state index is -4.75. The maximum Gasteiger partial charge on any atom is 0.293 e. The molecule has 69 heavy (non-hydrogen) atoms. The lowest BCUT2D eigenvalue weighted by atomic mass is 9.72. The summed E-state index contributed by atoms with van der Waals surface area (Å²) in [6.07, 6.45) is -4.00. The van der Waals surface area contributed by atoms with Crippen LogP contribution >= 0.6 is 11.6 Å². The summed E-state index contributed by atoms with van der Waals surface area (Å²) >= 11 is 6.26. The highest BCUT2D eigenvalue weighted by molar-refractivity contribution is 7.90. The number of aromatic nitrogens is 2. The Kier molecular flexibility index (Phi) is 13.4. The number of aliphatic hydroxyl groups is 5. The van der Waals surface area contributed by atoms with Crippen LogP contribution in [0.3, 0.4) is 0 Å². The molecule has 4 unspecified atom stereocenters. The number of benzene rings is 3. The fourth-order valence-electron chi connectivity index (χ4n) is 9.89. The van der Waals surface area contributed by atoms with Gasteiger partial charge in [-0.2, -0.15) is 4.98 Å². The predicted octanol–water partition coefficient (Wildman–Crippen LogP) is 4.41. The molecule has 3 aromatic carbocycles. The summed E-state index contributed by atoms with van der Waals surface area (Å²) in [5.41, 5.74) is 5.70. The number of hydrogen-bond donors (Lipinski definition) is 8. The molecule has 0 radical (unpaired) electrons. The first kappa shape index (κ1) is 48.2. The van der Waals surface area contributed by atoms with Gasteiger partial charge in [0, 0.05) is 73.5 Å². The zero-order valence-electron chi connectivity index (χ0n) is 38.0. The number of carbonyl (C=O) groups excluding carboxylic acids is 1. The van der Waals surface area contributed by atoms with E-state index in [0.29, 0.717) is 47.6 Å². The van der Waals surface area contributed by atoms with Crippen LogP contribution in [0.15, 0.2) is 89.5 Å². The Balaban J connectivity index is 0.968. The first-order valence-corrected chi connectivity index (χ1v) is 24.7. The Morgan fingerprint density at radius 1 is 0.913 bits per heavy atom. The number of piperazine rings is 1. The third-order valence-electron chi connectivity index (χ3n) is 13.9. The highest BCUT2D eigenvalue weighted by Crippen LogP contribution is 2.44.